The fraction of sp³-hybridized carbons (Fsp3) is 0.125. The average molecular weight is 320 g/mol. The molecule has 1 amide bonds. The Bertz CT molecular complexity index is 698. The van der Waals surface area contributed by atoms with Crippen LogP contribution in [0.4, 0.5) is 5.69 Å². The molecule has 114 valence electrons. The summed E-state index contributed by atoms with van der Waals surface area (Å²) in [4.78, 5) is 23.5. The maximum absolute atomic E-state index is 12.1. The fourth-order valence-corrected chi connectivity index (χ4v) is 2.08. The number of hydrogen-bond donors (Lipinski definition) is 1. The van der Waals surface area contributed by atoms with Gasteiger partial charge < -0.3 is 14.8 Å². The number of amides is 1. The van der Waals surface area contributed by atoms with E-state index in [0.29, 0.717) is 27.6 Å². The van der Waals surface area contributed by atoms with Crippen LogP contribution in [0.25, 0.3) is 0 Å². The van der Waals surface area contributed by atoms with E-state index < -0.39 is 5.97 Å². The van der Waals surface area contributed by atoms with Gasteiger partial charge in [0, 0.05) is 11.3 Å². The first-order chi connectivity index (χ1) is 10.5. The fourth-order valence-electron chi connectivity index (χ4n) is 1.82. The number of anilines is 1. The molecule has 22 heavy (non-hydrogen) atoms. The van der Waals surface area contributed by atoms with Crippen molar-refractivity contribution in [1.82, 2.24) is 0 Å². The predicted molar refractivity (Wildman–Crippen MR) is 83.7 cm³/mol. The lowest BCUT2D eigenvalue weighted by Crippen LogP contribution is -2.12. The lowest BCUT2D eigenvalue weighted by Gasteiger charge is -2.08. The van der Waals surface area contributed by atoms with Gasteiger partial charge in [0.2, 0.25) is 0 Å². The molecular formula is C16H14ClNO4. The van der Waals surface area contributed by atoms with Crippen molar-refractivity contribution in [2.45, 2.75) is 0 Å². The zero-order chi connectivity index (χ0) is 16.1. The molecule has 0 atom stereocenters. The van der Waals surface area contributed by atoms with E-state index in [0.717, 1.165) is 0 Å². The van der Waals surface area contributed by atoms with Crippen LogP contribution in [-0.2, 0) is 4.74 Å². The van der Waals surface area contributed by atoms with Gasteiger partial charge in [0.05, 0.1) is 24.8 Å². The summed E-state index contributed by atoms with van der Waals surface area (Å²) >= 11 is 5.99. The Hall–Kier alpha value is -2.53. The molecule has 0 spiro atoms. The van der Waals surface area contributed by atoms with Crippen LogP contribution in [0.3, 0.4) is 0 Å². The zero-order valence-electron chi connectivity index (χ0n) is 12.1. The summed E-state index contributed by atoms with van der Waals surface area (Å²) in [6, 6.07) is 11.1. The number of carbonyl (C=O) groups excluding carboxylic acids is 2. The van der Waals surface area contributed by atoms with Crippen molar-refractivity contribution in [2.75, 3.05) is 19.5 Å². The van der Waals surface area contributed by atoms with Crippen molar-refractivity contribution in [1.29, 1.82) is 0 Å². The van der Waals surface area contributed by atoms with E-state index in [-0.39, 0.29) is 5.91 Å². The third kappa shape index (κ3) is 3.56. The molecule has 2 aromatic rings. The van der Waals surface area contributed by atoms with E-state index in [1.165, 1.54) is 20.3 Å². The molecule has 1 N–H and O–H groups in total. The Balaban J connectivity index is 2.11. The first kappa shape index (κ1) is 15.9. The molecule has 6 heteroatoms. The van der Waals surface area contributed by atoms with E-state index in [1.54, 1.807) is 36.4 Å². The van der Waals surface area contributed by atoms with Crippen molar-refractivity contribution >= 4 is 29.2 Å². The average Bonchev–Trinajstić information content (AvgIpc) is 2.54. The Morgan fingerprint density at radius 3 is 2.18 bits per heavy atom. The first-order valence-corrected chi connectivity index (χ1v) is 6.76. The van der Waals surface area contributed by atoms with Crippen molar-refractivity contribution in [3.05, 3.63) is 58.6 Å². The summed E-state index contributed by atoms with van der Waals surface area (Å²) in [6.07, 6.45) is 0. The summed E-state index contributed by atoms with van der Waals surface area (Å²) in [5, 5.41) is 3.07. The van der Waals surface area contributed by atoms with Crippen molar-refractivity contribution in [2.24, 2.45) is 0 Å². The molecule has 0 unspecified atom stereocenters. The van der Waals surface area contributed by atoms with Gasteiger partial charge in [0.25, 0.3) is 5.91 Å². The van der Waals surface area contributed by atoms with Crippen molar-refractivity contribution in [3.63, 3.8) is 0 Å². The normalized spacial score (nSPS) is 9.95. The smallest absolute Gasteiger partial charge is 0.337 e. The van der Waals surface area contributed by atoms with Gasteiger partial charge in [-0.1, -0.05) is 11.6 Å². The molecule has 0 aromatic heterocycles. The van der Waals surface area contributed by atoms with Crippen LogP contribution >= 0.6 is 11.6 Å². The predicted octanol–water partition coefficient (Wildman–Crippen LogP) is 3.39. The molecular weight excluding hydrogens is 306 g/mol. The highest BCUT2D eigenvalue weighted by molar-refractivity contribution is 6.32. The van der Waals surface area contributed by atoms with Crippen LogP contribution in [0.1, 0.15) is 20.7 Å². The topological polar surface area (TPSA) is 64.6 Å². The van der Waals surface area contributed by atoms with Gasteiger partial charge >= 0.3 is 5.97 Å². The highest BCUT2D eigenvalue weighted by atomic mass is 35.5. The Morgan fingerprint density at radius 1 is 1.00 bits per heavy atom. The van der Waals surface area contributed by atoms with E-state index in [1.807, 2.05) is 0 Å². The third-order valence-electron chi connectivity index (χ3n) is 2.98. The molecule has 0 saturated heterocycles. The Morgan fingerprint density at radius 2 is 1.64 bits per heavy atom. The van der Waals surface area contributed by atoms with Gasteiger partial charge in [-0.3, -0.25) is 4.79 Å². The summed E-state index contributed by atoms with van der Waals surface area (Å²) in [7, 11) is 2.81. The summed E-state index contributed by atoms with van der Waals surface area (Å²) < 4.78 is 9.65. The first-order valence-electron chi connectivity index (χ1n) is 6.38. The SMILES string of the molecule is COC(=O)c1ccc(NC(=O)c2ccc(OC)c(Cl)c2)cc1. The van der Waals surface area contributed by atoms with Crippen LogP contribution in [0.5, 0.6) is 5.75 Å². The Labute approximate surface area is 132 Å². The molecule has 0 aliphatic carbocycles. The Kier molecular flexibility index (Phi) is 5.01. The lowest BCUT2D eigenvalue weighted by atomic mass is 10.1. The van der Waals surface area contributed by atoms with Gasteiger partial charge in [0.15, 0.2) is 0 Å². The zero-order valence-corrected chi connectivity index (χ0v) is 12.8. The molecule has 0 heterocycles. The minimum Gasteiger partial charge on any atom is -0.495 e. The minimum absolute atomic E-state index is 0.310. The number of nitrogens with one attached hydrogen (secondary N) is 1. The molecule has 5 nitrogen and oxygen atoms in total. The van der Waals surface area contributed by atoms with Gasteiger partial charge in [-0.25, -0.2) is 4.79 Å². The van der Waals surface area contributed by atoms with Gasteiger partial charge in [0.1, 0.15) is 5.75 Å². The highest BCUT2D eigenvalue weighted by Gasteiger charge is 2.10. The second-order valence-electron chi connectivity index (χ2n) is 4.37. The number of hydrogen-bond acceptors (Lipinski definition) is 4. The molecule has 0 aliphatic heterocycles. The second kappa shape index (κ2) is 6.95. The largest absolute Gasteiger partial charge is 0.495 e. The monoisotopic (exact) mass is 319 g/mol. The van der Waals surface area contributed by atoms with E-state index in [9.17, 15) is 9.59 Å². The van der Waals surface area contributed by atoms with Crippen molar-refractivity contribution in [3.8, 4) is 5.75 Å². The molecule has 2 aromatic carbocycles. The molecule has 0 radical (unpaired) electrons. The summed E-state index contributed by atoms with van der Waals surface area (Å²) in [6.45, 7) is 0. The quantitative estimate of drug-likeness (QED) is 0.877. The van der Waals surface area contributed by atoms with Crippen LogP contribution in [0.2, 0.25) is 5.02 Å². The standard InChI is InChI=1S/C16H14ClNO4/c1-21-14-8-5-11(9-13(14)17)15(19)18-12-6-3-10(4-7-12)16(20)22-2/h3-9H,1-2H3,(H,18,19). The van der Waals surface area contributed by atoms with Crippen LogP contribution in [0, 0.1) is 0 Å². The van der Waals surface area contributed by atoms with Gasteiger partial charge in [-0.05, 0) is 42.5 Å². The number of methoxy groups -OCH3 is 2. The number of ether oxygens (including phenoxy) is 2. The van der Waals surface area contributed by atoms with Crippen LogP contribution < -0.4 is 10.1 Å². The molecule has 0 bridgehead atoms. The van der Waals surface area contributed by atoms with E-state index in [2.05, 4.69) is 10.1 Å². The summed E-state index contributed by atoms with van der Waals surface area (Å²) in [5.41, 5.74) is 1.38. The molecule has 2 rings (SSSR count). The number of halogens is 1. The van der Waals surface area contributed by atoms with E-state index >= 15 is 0 Å². The molecule has 0 fully saturated rings. The highest BCUT2D eigenvalue weighted by Crippen LogP contribution is 2.25. The van der Waals surface area contributed by atoms with Crippen molar-refractivity contribution < 1.29 is 19.1 Å². The van der Waals surface area contributed by atoms with Crippen LogP contribution in [-0.4, -0.2) is 26.1 Å². The maximum Gasteiger partial charge on any atom is 0.337 e. The van der Waals surface area contributed by atoms with Gasteiger partial charge in [-0.2, -0.15) is 0 Å². The third-order valence-corrected chi connectivity index (χ3v) is 3.27. The minimum atomic E-state index is -0.431. The van der Waals surface area contributed by atoms with Gasteiger partial charge in [-0.15, -0.1) is 0 Å². The maximum atomic E-state index is 12.1. The molecule has 0 aliphatic rings. The van der Waals surface area contributed by atoms with E-state index in [4.69, 9.17) is 16.3 Å². The lowest BCUT2D eigenvalue weighted by molar-refractivity contribution is 0.0600. The number of benzene rings is 2. The van der Waals surface area contributed by atoms with Crippen LogP contribution in [0.15, 0.2) is 42.5 Å². The number of carbonyl (C=O) groups is 2. The second-order valence-corrected chi connectivity index (χ2v) is 4.78. The molecule has 0 saturated carbocycles. The number of esters is 1. The number of rotatable bonds is 4. The summed E-state index contributed by atoms with van der Waals surface area (Å²) in [5.74, 6) is -0.240.